The number of nitrogens with one attached hydrogen (secondary N) is 1. The number of ether oxygens (including phenoxy) is 1. The fraction of sp³-hybridized carbons (Fsp3) is 0.308. The molecule has 192 valence electrons. The molecule has 0 saturated heterocycles. The van der Waals surface area contributed by atoms with Gasteiger partial charge in [-0.05, 0) is 51.0 Å². The molecule has 11 nitrogen and oxygen atoms in total. The van der Waals surface area contributed by atoms with E-state index in [1.54, 1.807) is 26.0 Å². The van der Waals surface area contributed by atoms with Gasteiger partial charge in [-0.2, -0.15) is 0 Å². The third-order valence-electron chi connectivity index (χ3n) is 6.33. The van der Waals surface area contributed by atoms with E-state index >= 15 is 0 Å². The summed E-state index contributed by atoms with van der Waals surface area (Å²) < 4.78 is 6.71. The Morgan fingerprint density at radius 1 is 1.16 bits per heavy atom. The smallest absolute Gasteiger partial charge is 0.410 e. The summed E-state index contributed by atoms with van der Waals surface area (Å²) in [7, 11) is 0. The van der Waals surface area contributed by atoms with E-state index in [1.165, 1.54) is 15.8 Å². The third kappa shape index (κ3) is 4.73. The number of pyridine rings is 1. The lowest BCUT2D eigenvalue weighted by Crippen LogP contribution is -2.41. The van der Waals surface area contributed by atoms with E-state index in [0.29, 0.717) is 28.2 Å². The molecule has 3 heterocycles. The number of fused-ring (bicyclic) bond motifs is 1. The van der Waals surface area contributed by atoms with Crippen molar-refractivity contribution < 1.29 is 19.1 Å². The Balaban J connectivity index is 1.60. The number of Topliss-reactive ketones (excluding diaryl/α,β-unsaturated/α-hetero) is 1. The van der Waals surface area contributed by atoms with Gasteiger partial charge in [0.2, 0.25) is 5.91 Å². The highest BCUT2D eigenvalue weighted by Crippen LogP contribution is 2.40. The zero-order valence-corrected chi connectivity index (χ0v) is 20.7. The number of ketones is 1. The SMILES string of the molecule is CC(C)OC(=O)N1CC(=O)c2c(Nc3ccccc3)c(-c3ccnc(N(N)C(=O)C4CC4)c3)n(N)c2C1. The Hall–Kier alpha value is -4.38. The molecule has 1 aliphatic heterocycles. The molecule has 1 aliphatic carbocycles. The van der Waals surface area contributed by atoms with E-state index in [9.17, 15) is 14.4 Å². The van der Waals surface area contributed by atoms with Crippen LogP contribution >= 0.6 is 0 Å². The van der Waals surface area contributed by atoms with E-state index in [2.05, 4.69) is 10.3 Å². The number of nitrogens with zero attached hydrogens (tertiary/aromatic N) is 4. The maximum atomic E-state index is 13.4. The molecular weight excluding hydrogens is 474 g/mol. The van der Waals surface area contributed by atoms with Gasteiger partial charge in [0.25, 0.3) is 0 Å². The second kappa shape index (κ2) is 9.58. The molecule has 5 N–H and O–H groups in total. The molecule has 3 aromatic rings. The van der Waals surface area contributed by atoms with Crippen LogP contribution in [0.4, 0.5) is 22.0 Å². The molecule has 11 heteroatoms. The number of rotatable bonds is 6. The molecule has 1 aromatic carbocycles. The summed E-state index contributed by atoms with van der Waals surface area (Å²) in [6.45, 7) is 3.44. The summed E-state index contributed by atoms with van der Waals surface area (Å²) in [4.78, 5) is 44.1. The molecule has 1 saturated carbocycles. The number of hydrazine groups is 1. The lowest BCUT2D eigenvalue weighted by molar-refractivity contribution is -0.119. The van der Waals surface area contributed by atoms with Crippen molar-refractivity contribution in [3.63, 3.8) is 0 Å². The normalized spacial score (nSPS) is 14.9. The Morgan fingerprint density at radius 2 is 1.89 bits per heavy atom. The average Bonchev–Trinajstić information content (AvgIpc) is 3.69. The van der Waals surface area contributed by atoms with Crippen molar-refractivity contribution in [2.24, 2.45) is 11.8 Å². The number of nitrogen functional groups attached to an aromatic ring is 1. The molecule has 2 amide bonds. The van der Waals surface area contributed by atoms with Crippen molar-refractivity contribution >= 4 is 35.0 Å². The number of hydrogen-bond acceptors (Lipinski definition) is 8. The lowest BCUT2D eigenvalue weighted by atomic mass is 10.0. The van der Waals surface area contributed by atoms with Gasteiger partial charge >= 0.3 is 6.09 Å². The van der Waals surface area contributed by atoms with Crippen LogP contribution in [0.2, 0.25) is 0 Å². The Morgan fingerprint density at radius 3 is 2.57 bits per heavy atom. The first-order valence-corrected chi connectivity index (χ1v) is 12.1. The summed E-state index contributed by atoms with van der Waals surface area (Å²) >= 11 is 0. The van der Waals surface area contributed by atoms with E-state index < -0.39 is 6.09 Å². The molecule has 1 fully saturated rings. The molecule has 0 atom stereocenters. The van der Waals surface area contributed by atoms with E-state index in [-0.39, 0.29) is 42.6 Å². The molecular formula is C26H29N7O4. The summed E-state index contributed by atoms with van der Waals surface area (Å²) in [6.07, 6.45) is 2.25. The lowest BCUT2D eigenvalue weighted by Gasteiger charge is -2.27. The number of carbonyl (C=O) groups excluding carboxylic acids is 3. The molecule has 0 unspecified atom stereocenters. The maximum absolute atomic E-state index is 13.4. The monoisotopic (exact) mass is 503 g/mol. The van der Waals surface area contributed by atoms with Crippen molar-refractivity contribution in [2.45, 2.75) is 39.3 Å². The van der Waals surface area contributed by atoms with Gasteiger partial charge in [-0.25, -0.2) is 20.6 Å². The van der Waals surface area contributed by atoms with Gasteiger partial charge in [0.1, 0.15) is 5.82 Å². The van der Waals surface area contributed by atoms with Crippen molar-refractivity contribution in [3.05, 3.63) is 59.9 Å². The molecule has 37 heavy (non-hydrogen) atoms. The van der Waals surface area contributed by atoms with Gasteiger partial charge < -0.3 is 15.9 Å². The first-order chi connectivity index (χ1) is 17.7. The summed E-state index contributed by atoms with van der Waals surface area (Å²) in [5.74, 6) is 12.4. The number of nitrogens with two attached hydrogens (primary N) is 2. The zero-order valence-electron chi connectivity index (χ0n) is 20.7. The van der Waals surface area contributed by atoms with Gasteiger partial charge in [0.05, 0.1) is 41.8 Å². The minimum Gasteiger partial charge on any atom is -0.447 e. The van der Waals surface area contributed by atoms with E-state index in [1.807, 2.05) is 30.3 Å². The van der Waals surface area contributed by atoms with E-state index in [4.69, 9.17) is 16.4 Å². The van der Waals surface area contributed by atoms with Gasteiger partial charge in [-0.15, -0.1) is 0 Å². The molecule has 2 aliphatic rings. The number of hydrogen-bond donors (Lipinski definition) is 3. The first-order valence-electron chi connectivity index (χ1n) is 12.1. The summed E-state index contributed by atoms with van der Waals surface area (Å²) in [5.41, 5.74) is 3.21. The predicted octanol–water partition coefficient (Wildman–Crippen LogP) is 3.17. The van der Waals surface area contributed by atoms with E-state index in [0.717, 1.165) is 23.5 Å². The van der Waals surface area contributed by atoms with Crippen molar-refractivity contribution in [1.82, 2.24) is 14.6 Å². The first kappa shape index (κ1) is 24.3. The third-order valence-corrected chi connectivity index (χ3v) is 6.33. The van der Waals surface area contributed by atoms with Crippen molar-refractivity contribution in [1.29, 1.82) is 0 Å². The number of anilines is 3. The van der Waals surface area contributed by atoms with Crippen molar-refractivity contribution in [3.8, 4) is 11.3 Å². The second-order valence-electron chi connectivity index (χ2n) is 9.50. The fourth-order valence-corrected chi connectivity index (χ4v) is 4.40. The molecule has 5 rings (SSSR count). The predicted molar refractivity (Wildman–Crippen MR) is 138 cm³/mol. The quantitative estimate of drug-likeness (QED) is 0.264. The van der Waals surface area contributed by atoms with Gasteiger partial charge in [0.15, 0.2) is 5.78 Å². The fourth-order valence-electron chi connectivity index (χ4n) is 4.40. The number of benzene rings is 1. The largest absolute Gasteiger partial charge is 0.447 e. The molecule has 2 aromatic heterocycles. The highest BCUT2D eigenvalue weighted by Gasteiger charge is 2.37. The van der Waals surface area contributed by atoms with Crippen LogP contribution in [0.25, 0.3) is 11.3 Å². The Bertz CT molecular complexity index is 1360. The van der Waals surface area contributed by atoms with Crippen LogP contribution in [0.3, 0.4) is 0 Å². The van der Waals surface area contributed by atoms with Crippen molar-refractivity contribution in [2.75, 3.05) is 22.7 Å². The van der Waals surface area contributed by atoms with Crippen LogP contribution in [-0.2, 0) is 16.1 Å². The molecule has 0 radical (unpaired) electrons. The highest BCUT2D eigenvalue weighted by atomic mass is 16.6. The van der Waals surface area contributed by atoms with Crippen LogP contribution in [0.15, 0.2) is 48.7 Å². The number of carbonyl (C=O) groups is 3. The standard InChI is InChI=1S/C26H29N7O4/c1-15(2)37-26(36)31-13-19-22(20(34)14-31)23(30-18-6-4-3-5-7-18)24(32(19)27)17-10-11-29-21(12-17)33(28)25(35)16-8-9-16/h3-7,10-12,15-16,30H,8-9,13-14,27-28H2,1-2H3. The second-order valence-corrected chi connectivity index (χ2v) is 9.50. The zero-order chi connectivity index (χ0) is 26.3. The highest BCUT2D eigenvalue weighted by molar-refractivity contribution is 6.09. The van der Waals surface area contributed by atoms with Crippen LogP contribution in [-0.4, -0.2) is 45.0 Å². The number of aromatic nitrogens is 2. The Kier molecular flexibility index (Phi) is 6.30. The van der Waals surface area contributed by atoms with Crippen LogP contribution < -0.4 is 22.0 Å². The van der Waals surface area contributed by atoms with Crippen LogP contribution in [0.5, 0.6) is 0 Å². The Labute approximate surface area is 213 Å². The molecule has 0 bridgehead atoms. The number of amides is 2. The minimum absolute atomic E-state index is 0.0781. The minimum atomic E-state index is -0.585. The molecule has 0 spiro atoms. The van der Waals surface area contributed by atoms with Crippen LogP contribution in [0, 0.1) is 5.92 Å². The summed E-state index contributed by atoms with van der Waals surface area (Å²) in [5, 5.41) is 4.40. The maximum Gasteiger partial charge on any atom is 0.410 e. The number of para-hydroxylation sites is 1. The van der Waals surface area contributed by atoms with Gasteiger partial charge in [0, 0.05) is 23.4 Å². The van der Waals surface area contributed by atoms with Gasteiger partial charge in [-0.3, -0.25) is 19.2 Å². The topological polar surface area (TPSA) is 149 Å². The van der Waals surface area contributed by atoms with Crippen LogP contribution in [0.1, 0.15) is 42.7 Å². The average molecular weight is 504 g/mol. The van der Waals surface area contributed by atoms with Gasteiger partial charge in [-0.1, -0.05) is 18.2 Å². The summed E-state index contributed by atoms with van der Waals surface area (Å²) in [6, 6.07) is 12.8.